The van der Waals surface area contributed by atoms with Gasteiger partial charge in [-0.05, 0) is 25.0 Å². The first kappa shape index (κ1) is 25.3. The molecule has 0 aromatic carbocycles. The number of rotatable bonds is 10. The van der Waals surface area contributed by atoms with Crippen LogP contribution in [0.15, 0.2) is 16.3 Å². The number of sulfonamides is 1. The first-order valence-electron chi connectivity index (χ1n) is 8.69. The maximum Gasteiger partial charge on any atom is 0.250 e. The van der Waals surface area contributed by atoms with E-state index in [4.69, 9.17) is 5.73 Å². The molecule has 0 spiro atoms. The van der Waals surface area contributed by atoms with Gasteiger partial charge in [-0.2, -0.15) is 0 Å². The summed E-state index contributed by atoms with van der Waals surface area (Å²) < 4.78 is 27.9. The Morgan fingerprint density at radius 3 is 2.50 bits per heavy atom. The Morgan fingerprint density at radius 2 is 1.96 bits per heavy atom. The molecular formula is C17H32ClN3O3S2. The summed E-state index contributed by atoms with van der Waals surface area (Å²) >= 11 is 1.23. The maximum atomic E-state index is 12.5. The number of carbonyl (C=O) groups is 1. The number of thiophene rings is 1. The summed E-state index contributed by atoms with van der Waals surface area (Å²) in [5, 5.41) is 2.87. The van der Waals surface area contributed by atoms with Crippen molar-refractivity contribution in [3.63, 3.8) is 0 Å². The number of hydrogen-bond donors (Lipinski definition) is 3. The Bertz CT molecular complexity index is 654. The largest absolute Gasteiger partial charge is 0.355 e. The van der Waals surface area contributed by atoms with Gasteiger partial charge in [-0.15, -0.1) is 23.7 Å². The van der Waals surface area contributed by atoms with Crippen LogP contribution in [0.1, 0.15) is 51.8 Å². The molecule has 0 saturated heterocycles. The van der Waals surface area contributed by atoms with Crippen molar-refractivity contribution >= 4 is 39.7 Å². The Labute approximate surface area is 167 Å². The van der Waals surface area contributed by atoms with Crippen molar-refractivity contribution < 1.29 is 13.2 Å². The quantitative estimate of drug-likeness (QED) is 0.536. The highest BCUT2D eigenvalue weighted by molar-refractivity contribution is 7.91. The third kappa shape index (κ3) is 8.35. The van der Waals surface area contributed by atoms with E-state index in [1.165, 1.54) is 11.3 Å². The molecular weight excluding hydrogens is 394 g/mol. The summed E-state index contributed by atoms with van der Waals surface area (Å²) in [5.74, 6) is -0.0136. The van der Waals surface area contributed by atoms with Gasteiger partial charge in [0.05, 0.1) is 0 Å². The van der Waals surface area contributed by atoms with E-state index < -0.39 is 15.4 Å². The minimum atomic E-state index is -3.54. The van der Waals surface area contributed by atoms with Crippen LogP contribution in [0, 0.1) is 5.41 Å². The van der Waals surface area contributed by atoms with Gasteiger partial charge in [0.2, 0.25) is 15.9 Å². The van der Waals surface area contributed by atoms with Crippen molar-refractivity contribution in [2.24, 2.45) is 11.1 Å². The Morgan fingerprint density at radius 1 is 1.31 bits per heavy atom. The molecule has 1 rings (SSSR count). The van der Waals surface area contributed by atoms with Crippen molar-refractivity contribution in [1.82, 2.24) is 10.0 Å². The van der Waals surface area contributed by atoms with Gasteiger partial charge in [0.15, 0.2) is 0 Å². The van der Waals surface area contributed by atoms with Crippen LogP contribution in [0.3, 0.4) is 0 Å². The molecule has 26 heavy (non-hydrogen) atoms. The third-order valence-electron chi connectivity index (χ3n) is 3.75. The average Bonchev–Trinajstić information content (AvgIpc) is 3.00. The highest BCUT2D eigenvalue weighted by Gasteiger charge is 2.22. The summed E-state index contributed by atoms with van der Waals surface area (Å²) in [6.45, 7) is 8.41. The highest BCUT2D eigenvalue weighted by atomic mass is 35.5. The Balaban J connectivity index is 0.00000625. The Kier molecular flexibility index (Phi) is 10.9. The summed E-state index contributed by atoms with van der Waals surface area (Å²) in [6.07, 6.45) is 3.29. The number of amides is 1. The molecule has 4 N–H and O–H groups in total. The SMILES string of the molecule is CCCCC(CN)NS(=O)(=O)c1ccc(CCNC(=O)C(C)(C)C)s1.Cl. The molecule has 0 radical (unpaired) electrons. The molecule has 0 bridgehead atoms. The van der Waals surface area contributed by atoms with Crippen molar-refractivity contribution in [3.8, 4) is 0 Å². The van der Waals surface area contributed by atoms with E-state index in [2.05, 4.69) is 17.0 Å². The minimum absolute atomic E-state index is 0. The van der Waals surface area contributed by atoms with Gasteiger partial charge in [-0.25, -0.2) is 13.1 Å². The van der Waals surface area contributed by atoms with Crippen molar-refractivity contribution in [3.05, 3.63) is 17.0 Å². The lowest BCUT2D eigenvalue weighted by molar-refractivity contribution is -0.128. The molecule has 1 aromatic heterocycles. The van der Waals surface area contributed by atoms with Crippen LogP contribution < -0.4 is 15.8 Å². The lowest BCUT2D eigenvalue weighted by Gasteiger charge is -2.17. The van der Waals surface area contributed by atoms with E-state index in [0.717, 1.165) is 24.1 Å². The van der Waals surface area contributed by atoms with Crippen LogP contribution in [-0.2, 0) is 21.2 Å². The van der Waals surface area contributed by atoms with E-state index in [1.807, 2.05) is 20.8 Å². The third-order valence-corrected chi connectivity index (χ3v) is 6.91. The van der Waals surface area contributed by atoms with E-state index in [0.29, 0.717) is 17.2 Å². The molecule has 1 unspecified atom stereocenters. The topological polar surface area (TPSA) is 101 Å². The minimum Gasteiger partial charge on any atom is -0.355 e. The lowest BCUT2D eigenvalue weighted by atomic mass is 9.96. The van der Waals surface area contributed by atoms with Crippen LogP contribution in [-0.4, -0.2) is 33.5 Å². The highest BCUT2D eigenvalue weighted by Crippen LogP contribution is 2.22. The standard InChI is InChI=1S/C17H31N3O3S2.ClH/c1-5-6-7-13(12-18)20-25(22,23)15-9-8-14(24-15)10-11-19-16(21)17(2,3)4;/h8-9,13,20H,5-7,10-12,18H2,1-4H3,(H,19,21);1H. The molecule has 0 aliphatic heterocycles. The Hall–Kier alpha value is -0.670. The lowest BCUT2D eigenvalue weighted by Crippen LogP contribution is -2.39. The molecule has 1 aromatic rings. The van der Waals surface area contributed by atoms with Gasteiger partial charge < -0.3 is 11.1 Å². The molecule has 0 fully saturated rings. The first-order chi connectivity index (χ1) is 11.6. The molecule has 152 valence electrons. The second-order valence-corrected chi connectivity index (χ2v) is 10.3. The predicted octanol–water partition coefficient (Wildman–Crippen LogP) is 2.67. The van der Waals surface area contributed by atoms with Crippen LogP contribution in [0.4, 0.5) is 0 Å². The molecule has 1 heterocycles. The average molecular weight is 426 g/mol. The molecule has 1 amide bonds. The summed E-state index contributed by atoms with van der Waals surface area (Å²) in [7, 11) is -3.54. The number of unbranched alkanes of at least 4 members (excludes halogenated alkanes) is 1. The predicted molar refractivity (Wildman–Crippen MR) is 110 cm³/mol. The molecule has 1 atom stereocenters. The van der Waals surface area contributed by atoms with E-state index in [1.54, 1.807) is 12.1 Å². The number of nitrogens with two attached hydrogens (primary N) is 1. The fourth-order valence-corrected chi connectivity index (χ4v) is 4.81. The monoisotopic (exact) mass is 425 g/mol. The number of halogens is 1. The smallest absolute Gasteiger partial charge is 0.250 e. The van der Waals surface area contributed by atoms with Gasteiger partial charge >= 0.3 is 0 Å². The van der Waals surface area contributed by atoms with Gasteiger partial charge in [-0.1, -0.05) is 40.5 Å². The zero-order chi connectivity index (χ0) is 19.1. The number of hydrogen-bond acceptors (Lipinski definition) is 5. The van der Waals surface area contributed by atoms with Crippen LogP contribution in [0.2, 0.25) is 0 Å². The van der Waals surface area contributed by atoms with Gasteiger partial charge in [0, 0.05) is 29.4 Å². The molecule has 0 saturated carbocycles. The maximum absolute atomic E-state index is 12.5. The molecule has 0 aliphatic carbocycles. The van der Waals surface area contributed by atoms with Gasteiger partial charge in [0.25, 0.3) is 0 Å². The van der Waals surface area contributed by atoms with Gasteiger partial charge in [-0.3, -0.25) is 4.79 Å². The zero-order valence-corrected chi connectivity index (χ0v) is 18.5. The second-order valence-electron chi connectivity index (χ2n) is 7.17. The van der Waals surface area contributed by atoms with Crippen molar-refractivity contribution in [2.45, 2.75) is 63.6 Å². The van der Waals surface area contributed by atoms with Gasteiger partial charge in [0.1, 0.15) is 4.21 Å². The summed E-state index contributed by atoms with van der Waals surface area (Å²) in [5.41, 5.74) is 5.24. The van der Waals surface area contributed by atoms with Crippen LogP contribution >= 0.6 is 23.7 Å². The summed E-state index contributed by atoms with van der Waals surface area (Å²) in [6, 6.07) is 3.18. The first-order valence-corrected chi connectivity index (χ1v) is 11.0. The summed E-state index contributed by atoms with van der Waals surface area (Å²) in [4.78, 5) is 12.8. The molecule has 9 heteroatoms. The fourth-order valence-electron chi connectivity index (χ4n) is 2.15. The molecule has 6 nitrogen and oxygen atoms in total. The van der Waals surface area contributed by atoms with E-state index in [9.17, 15) is 13.2 Å². The zero-order valence-electron chi connectivity index (χ0n) is 16.0. The van der Waals surface area contributed by atoms with Crippen molar-refractivity contribution in [1.29, 1.82) is 0 Å². The molecule has 0 aliphatic rings. The fraction of sp³-hybridized carbons (Fsp3) is 0.706. The number of carbonyl (C=O) groups excluding carboxylic acids is 1. The van der Waals surface area contributed by atoms with Crippen molar-refractivity contribution in [2.75, 3.05) is 13.1 Å². The van der Waals surface area contributed by atoms with E-state index >= 15 is 0 Å². The second kappa shape index (κ2) is 11.2. The van der Waals surface area contributed by atoms with E-state index in [-0.39, 0.29) is 30.9 Å². The van der Waals surface area contributed by atoms with Crippen LogP contribution in [0.5, 0.6) is 0 Å². The normalized spacial score (nSPS) is 13.1. The number of nitrogens with one attached hydrogen (secondary N) is 2. The van der Waals surface area contributed by atoms with Crippen LogP contribution in [0.25, 0.3) is 0 Å².